The van der Waals surface area contributed by atoms with E-state index >= 15 is 0 Å². The van der Waals surface area contributed by atoms with Gasteiger partial charge in [-0.15, -0.1) is 0 Å². The molecule has 3 rings (SSSR count). The third kappa shape index (κ3) is 4.16. The lowest BCUT2D eigenvalue weighted by Gasteiger charge is -2.02. The summed E-state index contributed by atoms with van der Waals surface area (Å²) in [5.74, 6) is 0.771. The Morgan fingerprint density at radius 1 is 1.30 bits per heavy atom. The minimum atomic E-state index is 0.447. The number of nitrogens with zero attached hydrogens (tertiary/aromatic N) is 1. The minimum absolute atomic E-state index is 0.447. The molecule has 106 valence electrons. The number of hydrogen-bond acceptors (Lipinski definition) is 4. The molecule has 1 aliphatic carbocycles. The van der Waals surface area contributed by atoms with Crippen molar-refractivity contribution in [2.45, 2.75) is 38.6 Å². The van der Waals surface area contributed by atoms with E-state index in [-0.39, 0.29) is 0 Å². The average molecular weight is 337 g/mol. The van der Waals surface area contributed by atoms with Crippen molar-refractivity contribution in [3.63, 3.8) is 0 Å². The van der Waals surface area contributed by atoms with Crippen molar-refractivity contribution in [3.05, 3.63) is 51.8 Å². The van der Waals surface area contributed by atoms with Gasteiger partial charge in [0.2, 0.25) is 0 Å². The second-order valence-corrected chi connectivity index (χ2v) is 5.98. The fourth-order valence-electron chi connectivity index (χ4n) is 1.94. The second kappa shape index (κ2) is 6.52. The summed E-state index contributed by atoms with van der Waals surface area (Å²) in [6, 6.07) is 10.7. The highest BCUT2D eigenvalue weighted by atomic mass is 79.9. The van der Waals surface area contributed by atoms with Crippen molar-refractivity contribution in [3.8, 4) is 0 Å². The first kappa shape index (κ1) is 13.8. The Hall–Kier alpha value is -1.17. The first-order valence-corrected chi connectivity index (χ1v) is 7.59. The molecule has 1 aromatic heterocycles. The lowest BCUT2D eigenvalue weighted by atomic mass is 10.2. The van der Waals surface area contributed by atoms with Crippen LogP contribution in [-0.2, 0) is 24.5 Å². The molecule has 4 nitrogen and oxygen atoms in total. The van der Waals surface area contributed by atoms with Gasteiger partial charge in [-0.1, -0.05) is 33.2 Å². The molecule has 0 saturated heterocycles. The van der Waals surface area contributed by atoms with Crippen LogP contribution in [0.4, 0.5) is 0 Å². The number of ether oxygens (including phenoxy) is 1. The van der Waals surface area contributed by atoms with Crippen molar-refractivity contribution >= 4 is 15.9 Å². The Morgan fingerprint density at radius 2 is 2.20 bits per heavy atom. The fraction of sp³-hybridized carbons (Fsp3) is 0.400. The Labute approximate surface area is 126 Å². The molecule has 1 saturated carbocycles. The fourth-order valence-corrected chi connectivity index (χ4v) is 2.39. The molecule has 1 heterocycles. The monoisotopic (exact) mass is 336 g/mol. The zero-order valence-corrected chi connectivity index (χ0v) is 12.7. The van der Waals surface area contributed by atoms with Crippen molar-refractivity contribution in [2.75, 3.05) is 0 Å². The number of aromatic nitrogens is 1. The maximum Gasteiger partial charge on any atom is 0.162 e. The summed E-state index contributed by atoms with van der Waals surface area (Å²) in [6.07, 6.45) is 2.56. The minimum Gasteiger partial charge on any atom is -0.369 e. The van der Waals surface area contributed by atoms with Gasteiger partial charge < -0.3 is 14.6 Å². The van der Waals surface area contributed by atoms with Crippen LogP contribution in [0.25, 0.3) is 0 Å². The molecule has 1 aliphatic rings. The average Bonchev–Trinajstić information content (AvgIpc) is 3.16. The van der Waals surface area contributed by atoms with Gasteiger partial charge in [0.1, 0.15) is 6.61 Å². The van der Waals surface area contributed by atoms with Crippen LogP contribution in [-0.4, -0.2) is 11.2 Å². The highest BCUT2D eigenvalue weighted by Gasteiger charge is 2.20. The molecular formula is C15H17BrN2O2. The van der Waals surface area contributed by atoms with Gasteiger partial charge in [-0.2, -0.15) is 0 Å². The molecule has 0 radical (unpaired) electrons. The zero-order chi connectivity index (χ0) is 13.8. The molecule has 0 unspecified atom stereocenters. The summed E-state index contributed by atoms with van der Waals surface area (Å²) in [5.41, 5.74) is 2.08. The van der Waals surface area contributed by atoms with E-state index in [9.17, 15) is 0 Å². The summed E-state index contributed by atoms with van der Waals surface area (Å²) in [7, 11) is 0. The highest BCUT2D eigenvalue weighted by molar-refractivity contribution is 9.10. The number of rotatable bonds is 7. The summed E-state index contributed by atoms with van der Waals surface area (Å²) in [4.78, 5) is 0. The largest absolute Gasteiger partial charge is 0.369 e. The lowest BCUT2D eigenvalue weighted by molar-refractivity contribution is 0.0883. The van der Waals surface area contributed by atoms with Gasteiger partial charge in [-0.05, 0) is 30.5 Å². The Bertz CT molecular complexity index is 567. The Morgan fingerprint density at radius 3 is 3.00 bits per heavy atom. The Kier molecular flexibility index (Phi) is 4.50. The van der Waals surface area contributed by atoms with E-state index in [2.05, 4.69) is 26.4 Å². The van der Waals surface area contributed by atoms with Crippen molar-refractivity contribution < 1.29 is 9.26 Å². The van der Waals surface area contributed by atoms with Gasteiger partial charge in [-0.3, -0.25) is 0 Å². The summed E-state index contributed by atoms with van der Waals surface area (Å²) >= 11 is 3.45. The van der Waals surface area contributed by atoms with Crippen LogP contribution in [0, 0.1) is 0 Å². The van der Waals surface area contributed by atoms with Crippen LogP contribution in [0.15, 0.2) is 39.3 Å². The molecule has 5 heteroatoms. The van der Waals surface area contributed by atoms with Crippen LogP contribution < -0.4 is 5.32 Å². The molecule has 20 heavy (non-hydrogen) atoms. The molecule has 0 aliphatic heterocycles. The van der Waals surface area contributed by atoms with Crippen LogP contribution in [0.5, 0.6) is 0 Å². The number of nitrogens with one attached hydrogen (secondary N) is 1. The van der Waals surface area contributed by atoms with Gasteiger partial charge in [0.05, 0.1) is 12.3 Å². The van der Waals surface area contributed by atoms with Gasteiger partial charge in [0.15, 0.2) is 5.76 Å². The van der Waals surface area contributed by atoms with Crippen LogP contribution in [0.3, 0.4) is 0 Å². The van der Waals surface area contributed by atoms with Crippen LogP contribution in [0.2, 0.25) is 0 Å². The van der Waals surface area contributed by atoms with E-state index in [0.29, 0.717) is 19.3 Å². The summed E-state index contributed by atoms with van der Waals surface area (Å²) in [5, 5.41) is 7.44. The first-order valence-electron chi connectivity index (χ1n) is 6.79. The molecule has 0 atom stereocenters. The third-order valence-corrected chi connectivity index (χ3v) is 3.65. The van der Waals surface area contributed by atoms with Crippen molar-refractivity contribution in [2.24, 2.45) is 0 Å². The highest BCUT2D eigenvalue weighted by Crippen LogP contribution is 2.19. The van der Waals surface area contributed by atoms with E-state index in [1.165, 1.54) is 12.8 Å². The van der Waals surface area contributed by atoms with E-state index < -0.39 is 0 Å². The normalized spacial score (nSPS) is 14.7. The topological polar surface area (TPSA) is 47.3 Å². The van der Waals surface area contributed by atoms with Gasteiger partial charge in [-0.25, -0.2) is 0 Å². The molecular weight excluding hydrogens is 320 g/mol. The van der Waals surface area contributed by atoms with E-state index in [4.69, 9.17) is 9.26 Å². The van der Waals surface area contributed by atoms with E-state index in [1.54, 1.807) is 0 Å². The molecule has 0 bridgehead atoms. The first-order chi connectivity index (χ1) is 9.79. The SMILES string of the molecule is Brc1cccc(COCc2cc(CNC3CC3)no2)c1. The maximum absolute atomic E-state index is 5.64. The number of benzene rings is 1. The Balaban J connectivity index is 1.43. The molecule has 1 aromatic carbocycles. The smallest absolute Gasteiger partial charge is 0.162 e. The molecule has 2 aromatic rings. The third-order valence-electron chi connectivity index (χ3n) is 3.16. The zero-order valence-electron chi connectivity index (χ0n) is 11.1. The predicted molar refractivity (Wildman–Crippen MR) is 79.0 cm³/mol. The lowest BCUT2D eigenvalue weighted by Crippen LogP contribution is -2.15. The summed E-state index contributed by atoms with van der Waals surface area (Å²) < 4.78 is 12.0. The van der Waals surface area contributed by atoms with Crippen molar-refractivity contribution in [1.29, 1.82) is 0 Å². The van der Waals surface area contributed by atoms with Gasteiger partial charge in [0, 0.05) is 23.1 Å². The summed E-state index contributed by atoms with van der Waals surface area (Å²) in [6.45, 7) is 1.79. The van der Waals surface area contributed by atoms with Gasteiger partial charge in [0.25, 0.3) is 0 Å². The number of halogens is 1. The molecule has 0 amide bonds. The second-order valence-electron chi connectivity index (χ2n) is 5.06. The quantitative estimate of drug-likeness (QED) is 0.841. The van der Waals surface area contributed by atoms with Crippen LogP contribution in [0.1, 0.15) is 29.9 Å². The molecule has 1 N–H and O–H groups in total. The van der Waals surface area contributed by atoms with E-state index in [1.807, 2.05) is 30.3 Å². The van der Waals surface area contributed by atoms with Gasteiger partial charge >= 0.3 is 0 Å². The molecule has 1 fully saturated rings. The number of hydrogen-bond donors (Lipinski definition) is 1. The van der Waals surface area contributed by atoms with Crippen molar-refractivity contribution in [1.82, 2.24) is 10.5 Å². The molecule has 0 spiro atoms. The maximum atomic E-state index is 5.64. The van der Waals surface area contributed by atoms with E-state index in [0.717, 1.165) is 28.0 Å². The van der Waals surface area contributed by atoms with Crippen LogP contribution >= 0.6 is 15.9 Å². The predicted octanol–water partition coefficient (Wildman–Crippen LogP) is 3.41. The standard InChI is InChI=1S/C15H17BrN2O2/c16-12-3-1-2-11(6-12)9-19-10-15-7-14(18-20-15)8-17-13-4-5-13/h1-3,6-7,13,17H,4-5,8-10H2.